The molecule has 1 aliphatic rings. The van der Waals surface area contributed by atoms with Gasteiger partial charge in [-0.3, -0.25) is 5.32 Å². The Morgan fingerprint density at radius 3 is 2.76 bits per heavy atom. The summed E-state index contributed by atoms with van der Waals surface area (Å²) in [5.41, 5.74) is 1.41. The van der Waals surface area contributed by atoms with Gasteiger partial charge in [-0.05, 0) is 37.1 Å². The fourth-order valence-corrected chi connectivity index (χ4v) is 4.30. The van der Waals surface area contributed by atoms with Gasteiger partial charge in [0.15, 0.2) is 0 Å². The van der Waals surface area contributed by atoms with Gasteiger partial charge in [0.2, 0.25) is 11.0 Å². The Morgan fingerprint density at radius 2 is 1.97 bits per heavy atom. The van der Waals surface area contributed by atoms with Gasteiger partial charge in [0.1, 0.15) is 17.1 Å². The zero-order valence-electron chi connectivity index (χ0n) is 15.9. The zero-order chi connectivity index (χ0) is 20.1. The molecule has 9 heteroatoms. The molecule has 0 radical (unpaired) electrons. The molecule has 1 saturated carbocycles. The maximum Gasteiger partial charge on any atom is 0.321 e. The van der Waals surface area contributed by atoms with Crippen molar-refractivity contribution in [1.29, 1.82) is 0 Å². The molecule has 2 heterocycles. The standard InChI is InChI=1S/C20H22FN5O2S/c21-15-8-6-13(7-9-15)17-23-16(12-28-17)10-11-22-19(27)24-20-26-25-18(29-20)14-4-2-1-3-5-14/h6-9,12,14H,1-5,10-11H2,(H2,22,24,26,27). The molecule has 0 saturated heterocycles. The molecule has 1 aromatic carbocycles. The summed E-state index contributed by atoms with van der Waals surface area (Å²) in [6, 6.07) is 5.62. The maximum atomic E-state index is 13.0. The first kappa shape index (κ1) is 19.5. The van der Waals surface area contributed by atoms with E-state index in [0.29, 0.717) is 41.2 Å². The average Bonchev–Trinajstić information content (AvgIpc) is 3.39. The molecule has 0 spiro atoms. The third-order valence-corrected chi connectivity index (χ3v) is 5.93. The van der Waals surface area contributed by atoms with E-state index < -0.39 is 0 Å². The van der Waals surface area contributed by atoms with E-state index in [1.807, 2.05) is 0 Å². The SMILES string of the molecule is O=C(NCCc1coc(-c2ccc(F)cc2)n1)Nc1nnc(C2CCCCC2)s1. The van der Waals surface area contributed by atoms with E-state index in [-0.39, 0.29) is 11.8 Å². The van der Waals surface area contributed by atoms with Crippen LogP contribution in [0.15, 0.2) is 34.9 Å². The number of rotatable bonds is 6. The van der Waals surface area contributed by atoms with Crippen molar-refractivity contribution in [2.45, 2.75) is 44.4 Å². The number of urea groups is 1. The van der Waals surface area contributed by atoms with Crippen molar-refractivity contribution < 1.29 is 13.6 Å². The van der Waals surface area contributed by atoms with Gasteiger partial charge in [0.05, 0.1) is 5.69 Å². The summed E-state index contributed by atoms with van der Waals surface area (Å²) in [5.74, 6) is 0.591. The van der Waals surface area contributed by atoms with Gasteiger partial charge in [-0.1, -0.05) is 30.6 Å². The minimum atomic E-state index is -0.321. The third kappa shape index (κ3) is 5.17. The molecule has 29 heavy (non-hydrogen) atoms. The van der Waals surface area contributed by atoms with Gasteiger partial charge >= 0.3 is 6.03 Å². The van der Waals surface area contributed by atoms with Gasteiger partial charge in [-0.15, -0.1) is 10.2 Å². The highest BCUT2D eigenvalue weighted by Crippen LogP contribution is 2.35. The first-order valence-corrected chi connectivity index (χ1v) is 10.6. The Morgan fingerprint density at radius 1 is 1.17 bits per heavy atom. The van der Waals surface area contributed by atoms with E-state index in [1.165, 1.54) is 42.7 Å². The van der Waals surface area contributed by atoms with E-state index in [9.17, 15) is 9.18 Å². The predicted octanol–water partition coefficient (Wildman–Crippen LogP) is 4.74. The Bertz CT molecular complexity index is 950. The van der Waals surface area contributed by atoms with Crippen LogP contribution in [0.3, 0.4) is 0 Å². The molecule has 0 bridgehead atoms. The molecule has 0 aliphatic heterocycles. The molecule has 2 aromatic heterocycles. The van der Waals surface area contributed by atoms with E-state index in [1.54, 1.807) is 18.4 Å². The number of nitrogens with one attached hydrogen (secondary N) is 2. The van der Waals surface area contributed by atoms with Crippen molar-refractivity contribution in [3.05, 3.63) is 47.0 Å². The van der Waals surface area contributed by atoms with Crippen LogP contribution in [-0.2, 0) is 6.42 Å². The molecule has 2 N–H and O–H groups in total. The van der Waals surface area contributed by atoms with Crippen LogP contribution in [0.5, 0.6) is 0 Å². The number of carbonyl (C=O) groups excluding carboxylic acids is 1. The number of halogens is 1. The molecule has 1 aliphatic carbocycles. The number of oxazole rings is 1. The van der Waals surface area contributed by atoms with Crippen LogP contribution in [0.2, 0.25) is 0 Å². The number of hydrogen-bond donors (Lipinski definition) is 2. The fourth-order valence-electron chi connectivity index (χ4n) is 3.39. The number of anilines is 1. The zero-order valence-corrected chi connectivity index (χ0v) is 16.7. The quantitative estimate of drug-likeness (QED) is 0.606. The third-order valence-electron chi connectivity index (χ3n) is 4.93. The normalized spacial score (nSPS) is 14.7. The van der Waals surface area contributed by atoms with E-state index in [0.717, 1.165) is 17.8 Å². The Labute approximate surface area is 171 Å². The van der Waals surface area contributed by atoms with Crippen LogP contribution in [0.25, 0.3) is 11.5 Å². The highest BCUT2D eigenvalue weighted by Gasteiger charge is 2.20. The van der Waals surface area contributed by atoms with Crippen molar-refractivity contribution in [2.75, 3.05) is 11.9 Å². The lowest BCUT2D eigenvalue weighted by Crippen LogP contribution is -2.30. The molecule has 152 valence electrons. The van der Waals surface area contributed by atoms with Crippen LogP contribution in [0.4, 0.5) is 14.3 Å². The molecule has 4 rings (SSSR count). The molecular formula is C20H22FN5O2S. The molecule has 1 fully saturated rings. The van der Waals surface area contributed by atoms with Crippen LogP contribution >= 0.6 is 11.3 Å². The Balaban J connectivity index is 1.23. The van der Waals surface area contributed by atoms with Crippen molar-refractivity contribution >= 4 is 22.5 Å². The van der Waals surface area contributed by atoms with Gasteiger partial charge in [0.25, 0.3) is 0 Å². The Hall–Kier alpha value is -2.81. The monoisotopic (exact) mass is 415 g/mol. The summed E-state index contributed by atoms with van der Waals surface area (Å²) in [5, 5.41) is 15.4. The van der Waals surface area contributed by atoms with E-state index in [4.69, 9.17) is 4.42 Å². The van der Waals surface area contributed by atoms with Crippen LogP contribution in [0, 0.1) is 5.82 Å². The van der Waals surface area contributed by atoms with Crippen LogP contribution in [0.1, 0.15) is 48.7 Å². The smallest absolute Gasteiger partial charge is 0.321 e. The second kappa shape index (κ2) is 9.13. The van der Waals surface area contributed by atoms with Crippen molar-refractivity contribution in [3.8, 4) is 11.5 Å². The second-order valence-electron chi connectivity index (χ2n) is 7.06. The highest BCUT2D eigenvalue weighted by atomic mass is 32.1. The molecular weight excluding hydrogens is 393 g/mol. The topological polar surface area (TPSA) is 92.9 Å². The molecule has 2 amide bonds. The fraction of sp³-hybridized carbons (Fsp3) is 0.400. The minimum absolute atomic E-state index is 0.308. The lowest BCUT2D eigenvalue weighted by atomic mass is 9.90. The number of carbonyl (C=O) groups is 1. The summed E-state index contributed by atoms with van der Waals surface area (Å²) >= 11 is 1.45. The molecule has 0 atom stereocenters. The first-order valence-electron chi connectivity index (χ1n) is 9.76. The molecule has 0 unspecified atom stereocenters. The molecule has 7 nitrogen and oxygen atoms in total. The lowest BCUT2D eigenvalue weighted by molar-refractivity contribution is 0.252. The number of benzene rings is 1. The van der Waals surface area contributed by atoms with Crippen LogP contribution < -0.4 is 10.6 Å². The number of aromatic nitrogens is 3. The highest BCUT2D eigenvalue weighted by molar-refractivity contribution is 7.15. The minimum Gasteiger partial charge on any atom is -0.444 e. The lowest BCUT2D eigenvalue weighted by Gasteiger charge is -2.18. The molecule has 3 aromatic rings. The average molecular weight is 415 g/mol. The summed E-state index contributed by atoms with van der Waals surface area (Å²) in [6.07, 6.45) is 8.12. The van der Waals surface area contributed by atoms with Crippen molar-refractivity contribution in [2.24, 2.45) is 0 Å². The predicted molar refractivity (Wildman–Crippen MR) is 108 cm³/mol. The second-order valence-corrected chi connectivity index (χ2v) is 8.07. The van der Waals surface area contributed by atoms with E-state index >= 15 is 0 Å². The van der Waals surface area contributed by atoms with Gasteiger partial charge in [0, 0.05) is 24.4 Å². The first-order chi connectivity index (χ1) is 14.2. The van der Waals surface area contributed by atoms with Crippen LogP contribution in [-0.4, -0.2) is 27.8 Å². The Kier molecular flexibility index (Phi) is 6.14. The van der Waals surface area contributed by atoms with Gasteiger partial charge < -0.3 is 9.73 Å². The summed E-state index contributed by atoms with van der Waals surface area (Å²) < 4.78 is 18.4. The van der Waals surface area contributed by atoms with Gasteiger partial charge in [-0.25, -0.2) is 14.2 Å². The number of amides is 2. The summed E-state index contributed by atoms with van der Waals surface area (Å²) in [6.45, 7) is 0.398. The van der Waals surface area contributed by atoms with E-state index in [2.05, 4.69) is 25.8 Å². The number of nitrogens with zero attached hydrogens (tertiary/aromatic N) is 3. The summed E-state index contributed by atoms with van der Waals surface area (Å²) in [4.78, 5) is 16.4. The van der Waals surface area contributed by atoms with Gasteiger partial charge in [-0.2, -0.15) is 0 Å². The van der Waals surface area contributed by atoms with Crippen molar-refractivity contribution in [3.63, 3.8) is 0 Å². The summed E-state index contributed by atoms with van der Waals surface area (Å²) in [7, 11) is 0. The number of hydrogen-bond acceptors (Lipinski definition) is 6. The van der Waals surface area contributed by atoms with Crippen molar-refractivity contribution in [1.82, 2.24) is 20.5 Å². The maximum absolute atomic E-state index is 13.0. The largest absolute Gasteiger partial charge is 0.444 e.